The zero-order chi connectivity index (χ0) is 27.1. The van der Waals surface area contributed by atoms with Crippen LogP contribution in [-0.2, 0) is 27.4 Å². The average Bonchev–Trinajstić information content (AvgIpc) is 3.55. The summed E-state index contributed by atoms with van der Waals surface area (Å²) < 4.78 is 23.7. The molecule has 0 unspecified atom stereocenters. The van der Waals surface area contributed by atoms with Crippen LogP contribution in [0.1, 0.15) is 54.3 Å². The van der Waals surface area contributed by atoms with E-state index in [1.807, 2.05) is 75.4 Å². The van der Waals surface area contributed by atoms with E-state index >= 15 is 0 Å². The van der Waals surface area contributed by atoms with Crippen LogP contribution in [0, 0.1) is 0 Å². The first-order chi connectivity index (χ1) is 18.2. The maximum absolute atomic E-state index is 12.8. The van der Waals surface area contributed by atoms with Gasteiger partial charge < -0.3 is 18.6 Å². The SMILES string of the molecule is CCOC(=O)c1cnc(-c2cccc(-c3cc(C(=O)OC(C)(C)C)nn3CCOCc3ccccc3)c2)o1. The Balaban J connectivity index is 1.58. The number of esters is 2. The van der Waals surface area contributed by atoms with Gasteiger partial charge in [0.05, 0.1) is 38.3 Å². The van der Waals surface area contributed by atoms with Gasteiger partial charge in [0.1, 0.15) is 5.60 Å². The Morgan fingerprint density at radius 3 is 2.47 bits per heavy atom. The van der Waals surface area contributed by atoms with Crippen LogP contribution >= 0.6 is 0 Å². The molecule has 0 saturated carbocycles. The monoisotopic (exact) mass is 517 g/mol. The number of hydrogen-bond acceptors (Lipinski definition) is 8. The Kier molecular flexibility index (Phi) is 8.38. The molecular formula is C29H31N3O6. The summed E-state index contributed by atoms with van der Waals surface area (Å²) in [5.74, 6) is -0.775. The second-order valence-electron chi connectivity index (χ2n) is 9.51. The standard InChI is InChI=1S/C29H31N3O6/c1-5-36-28(34)25-18-30-26(37-25)22-13-9-12-21(16-22)24-17-23(27(33)38-29(2,3)4)31-32(24)14-15-35-19-20-10-7-6-8-11-20/h6-13,16-18H,5,14-15,19H2,1-4H3. The molecule has 4 aromatic rings. The molecule has 0 bridgehead atoms. The predicted octanol–water partition coefficient (Wildman–Crippen LogP) is 5.55. The number of benzene rings is 2. The summed E-state index contributed by atoms with van der Waals surface area (Å²) in [6.45, 7) is 8.67. The highest BCUT2D eigenvalue weighted by molar-refractivity contribution is 5.89. The molecule has 0 aliphatic heterocycles. The molecule has 0 aliphatic carbocycles. The molecule has 2 aromatic carbocycles. The zero-order valence-corrected chi connectivity index (χ0v) is 22.0. The first kappa shape index (κ1) is 26.8. The Morgan fingerprint density at radius 2 is 1.74 bits per heavy atom. The topological polar surface area (TPSA) is 106 Å². The fourth-order valence-corrected chi connectivity index (χ4v) is 3.68. The predicted molar refractivity (Wildman–Crippen MR) is 140 cm³/mol. The van der Waals surface area contributed by atoms with Gasteiger partial charge in [-0.15, -0.1) is 0 Å². The van der Waals surface area contributed by atoms with Gasteiger partial charge in [0.2, 0.25) is 11.7 Å². The van der Waals surface area contributed by atoms with E-state index in [1.165, 1.54) is 6.20 Å². The van der Waals surface area contributed by atoms with Gasteiger partial charge in [0.15, 0.2) is 5.69 Å². The zero-order valence-electron chi connectivity index (χ0n) is 22.0. The van der Waals surface area contributed by atoms with Crippen molar-refractivity contribution in [1.82, 2.24) is 14.8 Å². The highest BCUT2D eigenvalue weighted by Gasteiger charge is 2.23. The van der Waals surface area contributed by atoms with Crippen LogP contribution in [0.3, 0.4) is 0 Å². The van der Waals surface area contributed by atoms with Crippen LogP contribution in [0.15, 0.2) is 71.3 Å². The van der Waals surface area contributed by atoms with Gasteiger partial charge in [-0.1, -0.05) is 42.5 Å². The summed E-state index contributed by atoms with van der Waals surface area (Å²) in [7, 11) is 0. The minimum Gasteiger partial charge on any atom is -0.460 e. The van der Waals surface area contributed by atoms with Gasteiger partial charge in [0, 0.05) is 11.1 Å². The largest absolute Gasteiger partial charge is 0.460 e. The molecule has 38 heavy (non-hydrogen) atoms. The van der Waals surface area contributed by atoms with Crippen LogP contribution in [0.2, 0.25) is 0 Å². The van der Waals surface area contributed by atoms with Gasteiger partial charge in [-0.25, -0.2) is 14.6 Å². The third kappa shape index (κ3) is 6.95. The molecule has 0 atom stereocenters. The van der Waals surface area contributed by atoms with Crippen molar-refractivity contribution in [2.75, 3.05) is 13.2 Å². The molecule has 0 fully saturated rings. The molecule has 0 radical (unpaired) electrons. The number of carbonyl (C=O) groups is 2. The Labute approximate surface area is 221 Å². The molecule has 0 amide bonds. The summed E-state index contributed by atoms with van der Waals surface area (Å²) in [6.07, 6.45) is 1.34. The molecular weight excluding hydrogens is 486 g/mol. The van der Waals surface area contributed by atoms with Crippen LogP contribution in [0.4, 0.5) is 0 Å². The Hall–Kier alpha value is -4.24. The fourth-order valence-electron chi connectivity index (χ4n) is 3.68. The molecule has 4 rings (SSSR count). The summed E-state index contributed by atoms with van der Waals surface area (Å²) in [6, 6.07) is 19.0. The molecule has 9 nitrogen and oxygen atoms in total. The van der Waals surface area contributed by atoms with E-state index in [0.717, 1.165) is 11.1 Å². The van der Waals surface area contributed by atoms with Crippen molar-refractivity contribution in [3.8, 4) is 22.7 Å². The van der Waals surface area contributed by atoms with E-state index in [0.29, 0.717) is 31.0 Å². The average molecular weight is 518 g/mol. The van der Waals surface area contributed by atoms with Gasteiger partial charge in [-0.3, -0.25) is 4.68 Å². The lowest BCUT2D eigenvalue weighted by atomic mass is 10.1. The number of ether oxygens (including phenoxy) is 3. The van der Waals surface area contributed by atoms with Crippen molar-refractivity contribution >= 4 is 11.9 Å². The van der Waals surface area contributed by atoms with Crippen molar-refractivity contribution in [3.63, 3.8) is 0 Å². The van der Waals surface area contributed by atoms with Crippen LogP contribution < -0.4 is 0 Å². The molecule has 2 aromatic heterocycles. The van der Waals surface area contributed by atoms with E-state index in [1.54, 1.807) is 17.7 Å². The fraction of sp³-hybridized carbons (Fsp3) is 0.310. The van der Waals surface area contributed by atoms with Gasteiger partial charge in [-0.05, 0) is 51.5 Å². The number of aromatic nitrogens is 3. The number of nitrogens with zero attached hydrogens (tertiary/aromatic N) is 3. The molecule has 0 aliphatic rings. The summed E-state index contributed by atoms with van der Waals surface area (Å²) in [4.78, 5) is 29.0. The summed E-state index contributed by atoms with van der Waals surface area (Å²) in [5, 5.41) is 4.53. The molecule has 198 valence electrons. The summed E-state index contributed by atoms with van der Waals surface area (Å²) in [5.41, 5.74) is 2.76. The molecule has 2 heterocycles. The number of carbonyl (C=O) groups excluding carboxylic acids is 2. The van der Waals surface area contributed by atoms with E-state index in [9.17, 15) is 9.59 Å². The smallest absolute Gasteiger partial charge is 0.375 e. The second kappa shape index (κ2) is 11.9. The molecule has 0 spiro atoms. The number of oxazole rings is 1. The molecule has 9 heteroatoms. The molecule has 0 saturated heterocycles. The quantitative estimate of drug-likeness (QED) is 0.199. The van der Waals surface area contributed by atoms with Crippen LogP contribution in [0.5, 0.6) is 0 Å². The van der Waals surface area contributed by atoms with E-state index in [4.69, 9.17) is 18.6 Å². The maximum atomic E-state index is 12.8. The molecule has 0 N–H and O–H groups in total. The Bertz CT molecular complexity index is 1380. The van der Waals surface area contributed by atoms with E-state index in [-0.39, 0.29) is 24.0 Å². The van der Waals surface area contributed by atoms with Crippen molar-refractivity contribution in [3.05, 3.63) is 83.9 Å². The lowest BCUT2D eigenvalue weighted by molar-refractivity contribution is 0.00611. The third-order valence-corrected chi connectivity index (χ3v) is 5.33. The van der Waals surface area contributed by atoms with Crippen LogP contribution in [-0.4, -0.2) is 45.5 Å². The maximum Gasteiger partial charge on any atom is 0.375 e. The number of rotatable bonds is 10. The number of hydrogen-bond donors (Lipinski definition) is 0. The van der Waals surface area contributed by atoms with Gasteiger partial charge in [0.25, 0.3) is 0 Å². The van der Waals surface area contributed by atoms with Crippen molar-refractivity contribution in [2.24, 2.45) is 0 Å². The van der Waals surface area contributed by atoms with Gasteiger partial charge in [-0.2, -0.15) is 5.10 Å². The second-order valence-corrected chi connectivity index (χ2v) is 9.51. The van der Waals surface area contributed by atoms with Crippen molar-refractivity contribution < 1.29 is 28.2 Å². The van der Waals surface area contributed by atoms with Crippen molar-refractivity contribution in [1.29, 1.82) is 0 Å². The van der Waals surface area contributed by atoms with Crippen molar-refractivity contribution in [2.45, 2.75) is 46.4 Å². The summed E-state index contributed by atoms with van der Waals surface area (Å²) >= 11 is 0. The first-order valence-corrected chi connectivity index (χ1v) is 12.4. The third-order valence-electron chi connectivity index (χ3n) is 5.33. The Morgan fingerprint density at radius 1 is 0.974 bits per heavy atom. The first-order valence-electron chi connectivity index (χ1n) is 12.4. The lowest BCUT2D eigenvalue weighted by Crippen LogP contribution is -2.24. The minimum absolute atomic E-state index is 0.0278. The normalized spacial score (nSPS) is 11.4. The van der Waals surface area contributed by atoms with E-state index in [2.05, 4.69) is 10.1 Å². The van der Waals surface area contributed by atoms with Crippen LogP contribution in [0.25, 0.3) is 22.7 Å². The minimum atomic E-state index is -0.651. The highest BCUT2D eigenvalue weighted by Crippen LogP contribution is 2.28. The van der Waals surface area contributed by atoms with Gasteiger partial charge >= 0.3 is 11.9 Å². The van der Waals surface area contributed by atoms with E-state index < -0.39 is 17.5 Å². The highest BCUT2D eigenvalue weighted by atomic mass is 16.6. The lowest BCUT2D eigenvalue weighted by Gasteiger charge is -2.18.